The fourth-order valence-electron chi connectivity index (χ4n) is 5.31. The first-order valence-electron chi connectivity index (χ1n) is 14.5. The molecule has 1 atom stereocenters. The highest BCUT2D eigenvalue weighted by atomic mass is 127. The van der Waals surface area contributed by atoms with E-state index in [9.17, 15) is 19.7 Å². The van der Waals surface area contributed by atoms with Gasteiger partial charge in [0.15, 0.2) is 4.80 Å². The first-order valence-corrected chi connectivity index (χ1v) is 17.2. The van der Waals surface area contributed by atoms with Crippen LogP contribution in [0.5, 0.6) is 11.5 Å². The van der Waals surface area contributed by atoms with Crippen molar-refractivity contribution in [3.63, 3.8) is 0 Å². The number of allylic oxidation sites excluding steroid dienone is 1. The number of ether oxygens (including phenoxy) is 2. The molecule has 0 spiro atoms. The molecule has 0 bridgehead atoms. The third kappa shape index (κ3) is 6.98. The van der Waals surface area contributed by atoms with E-state index < -0.39 is 11.0 Å². The predicted molar refractivity (Wildman–Crippen MR) is 196 cm³/mol. The molecule has 242 valence electrons. The number of halogens is 2. The normalized spacial score (nSPS) is 14.2. The molecule has 4 aromatic carbocycles. The monoisotopic (exact) mass is 836 g/mol. The Morgan fingerprint density at radius 3 is 2.56 bits per heavy atom. The minimum atomic E-state index is -0.775. The lowest BCUT2D eigenvalue weighted by molar-refractivity contribution is -0.384. The summed E-state index contributed by atoms with van der Waals surface area (Å²) in [6, 6.07) is 25.6. The zero-order valence-corrected chi connectivity index (χ0v) is 30.0. The van der Waals surface area contributed by atoms with Gasteiger partial charge in [0.25, 0.3) is 17.2 Å². The Morgan fingerprint density at radius 2 is 1.85 bits per heavy atom. The minimum Gasteiger partial charge on any atom is -0.497 e. The molecule has 0 aliphatic carbocycles. The van der Waals surface area contributed by atoms with Gasteiger partial charge in [-0.1, -0.05) is 57.6 Å². The maximum Gasteiger partial charge on any atom is 0.271 e. The maximum absolute atomic E-state index is 14.3. The second kappa shape index (κ2) is 14.3. The number of carbonyl (C=O) groups excluding carboxylic acids is 1. The minimum absolute atomic E-state index is 0.00349. The molecule has 0 saturated heterocycles. The molecular formula is C35H26BrIN4O6S. The van der Waals surface area contributed by atoms with E-state index in [-0.39, 0.29) is 23.8 Å². The molecular weight excluding hydrogens is 811 g/mol. The summed E-state index contributed by atoms with van der Waals surface area (Å²) in [4.78, 5) is 44.0. The molecule has 1 N–H and O–H groups in total. The number of aromatic nitrogens is 1. The maximum atomic E-state index is 14.3. The third-order valence-corrected chi connectivity index (χ3v) is 9.80. The largest absolute Gasteiger partial charge is 0.497 e. The van der Waals surface area contributed by atoms with Gasteiger partial charge in [-0.05, 0) is 95.2 Å². The van der Waals surface area contributed by atoms with Gasteiger partial charge in [-0.2, -0.15) is 0 Å². The van der Waals surface area contributed by atoms with Gasteiger partial charge in [0.2, 0.25) is 0 Å². The zero-order valence-electron chi connectivity index (χ0n) is 25.5. The van der Waals surface area contributed by atoms with Crippen LogP contribution < -0.4 is 29.7 Å². The summed E-state index contributed by atoms with van der Waals surface area (Å²) in [5.41, 5.74) is 3.23. The van der Waals surface area contributed by atoms with Crippen LogP contribution in [0.2, 0.25) is 0 Å². The van der Waals surface area contributed by atoms with Crippen molar-refractivity contribution in [3.05, 3.63) is 157 Å². The molecule has 0 radical (unpaired) electrons. The van der Waals surface area contributed by atoms with Crippen molar-refractivity contribution >= 4 is 73.2 Å². The molecule has 1 aromatic heterocycles. The van der Waals surface area contributed by atoms with Crippen LogP contribution >= 0.6 is 49.9 Å². The fraction of sp³-hybridized carbons (Fsp3) is 0.114. The predicted octanol–water partition coefficient (Wildman–Crippen LogP) is 6.74. The number of thiazole rings is 1. The van der Waals surface area contributed by atoms with Crippen LogP contribution in [0.25, 0.3) is 6.08 Å². The number of methoxy groups -OCH3 is 1. The van der Waals surface area contributed by atoms with Crippen LogP contribution in [0.15, 0.2) is 117 Å². The summed E-state index contributed by atoms with van der Waals surface area (Å²) >= 11 is 6.95. The second-order valence-electron chi connectivity index (χ2n) is 10.7. The van der Waals surface area contributed by atoms with Crippen LogP contribution in [0.4, 0.5) is 11.4 Å². The molecule has 1 aliphatic rings. The van der Waals surface area contributed by atoms with E-state index >= 15 is 0 Å². The number of hydrogen-bond acceptors (Lipinski definition) is 8. The quantitative estimate of drug-likeness (QED) is 0.0998. The Morgan fingerprint density at radius 1 is 1.10 bits per heavy atom. The van der Waals surface area contributed by atoms with Crippen molar-refractivity contribution in [3.8, 4) is 11.5 Å². The first-order chi connectivity index (χ1) is 23.1. The number of benzene rings is 4. The molecule has 1 aliphatic heterocycles. The molecule has 2 heterocycles. The van der Waals surface area contributed by atoms with Gasteiger partial charge in [0.1, 0.15) is 18.1 Å². The van der Waals surface area contributed by atoms with Gasteiger partial charge in [-0.3, -0.25) is 24.3 Å². The summed E-state index contributed by atoms with van der Waals surface area (Å²) in [5.74, 6) is 0.769. The van der Waals surface area contributed by atoms with Gasteiger partial charge in [-0.25, -0.2) is 4.99 Å². The number of fused-ring (bicyclic) bond motifs is 1. The fourth-order valence-corrected chi connectivity index (χ4v) is 8.05. The number of rotatable bonds is 9. The Kier molecular flexibility index (Phi) is 9.89. The Hall–Kier alpha value is -4.60. The number of non-ortho nitro benzene ring substituents is 1. The van der Waals surface area contributed by atoms with Crippen LogP contribution in [-0.4, -0.2) is 22.5 Å². The number of amides is 1. The van der Waals surface area contributed by atoms with Gasteiger partial charge in [0.05, 0.1) is 37.4 Å². The van der Waals surface area contributed by atoms with Crippen LogP contribution in [0.3, 0.4) is 0 Å². The number of para-hydroxylation sites is 1. The molecule has 5 aromatic rings. The summed E-state index contributed by atoms with van der Waals surface area (Å²) in [6.45, 7) is 1.93. The van der Waals surface area contributed by atoms with Crippen molar-refractivity contribution in [1.82, 2.24) is 4.57 Å². The smallest absolute Gasteiger partial charge is 0.271 e. The van der Waals surface area contributed by atoms with Crippen LogP contribution in [0, 0.1) is 13.7 Å². The number of nitrogens with one attached hydrogen (secondary N) is 1. The van der Waals surface area contributed by atoms with E-state index in [0.717, 1.165) is 13.6 Å². The van der Waals surface area contributed by atoms with Crippen molar-refractivity contribution in [2.24, 2.45) is 4.99 Å². The number of anilines is 1. The molecule has 10 nitrogen and oxygen atoms in total. The number of hydrogen-bond donors (Lipinski definition) is 1. The lowest BCUT2D eigenvalue weighted by Crippen LogP contribution is -2.40. The summed E-state index contributed by atoms with van der Waals surface area (Å²) < 4.78 is 15.3. The topological polar surface area (TPSA) is 125 Å². The lowest BCUT2D eigenvalue weighted by Gasteiger charge is -2.25. The zero-order chi connectivity index (χ0) is 33.9. The molecule has 1 amide bonds. The molecule has 0 fully saturated rings. The van der Waals surface area contributed by atoms with Crippen LogP contribution in [-0.2, 0) is 11.4 Å². The highest BCUT2D eigenvalue weighted by molar-refractivity contribution is 14.1. The summed E-state index contributed by atoms with van der Waals surface area (Å²) in [7, 11) is 1.56. The van der Waals surface area contributed by atoms with Crippen molar-refractivity contribution in [2.45, 2.75) is 19.6 Å². The average Bonchev–Trinajstić information content (AvgIpc) is 3.37. The van der Waals surface area contributed by atoms with Crippen molar-refractivity contribution in [2.75, 3.05) is 12.4 Å². The molecule has 6 rings (SSSR count). The summed E-state index contributed by atoms with van der Waals surface area (Å²) in [6.07, 6.45) is 1.76. The van der Waals surface area contributed by atoms with E-state index in [2.05, 4.69) is 43.8 Å². The van der Waals surface area contributed by atoms with Gasteiger partial charge in [0, 0.05) is 27.9 Å². The van der Waals surface area contributed by atoms with Gasteiger partial charge >= 0.3 is 0 Å². The third-order valence-electron chi connectivity index (χ3n) is 7.56. The molecule has 13 heteroatoms. The Balaban J connectivity index is 1.44. The Labute approximate surface area is 300 Å². The lowest BCUT2D eigenvalue weighted by atomic mass is 9.95. The first kappa shape index (κ1) is 33.3. The van der Waals surface area contributed by atoms with Crippen LogP contribution in [0.1, 0.15) is 29.7 Å². The standard InChI is InChI=1S/C35H26BrIN4O6S/c1-20-30(33(42)39-25-8-4-3-5-9-25)31(22-7-6-10-27(16-22)46-2)40-34(43)29(48-35(40)38-20)17-23-15-24(36)18-28(37)32(23)47-19-21-11-13-26(14-12-21)41(44)45/h3-18,31H,19H2,1-2H3,(H,39,42)/b29-17-/t31-/m0/s1. The molecule has 48 heavy (non-hydrogen) atoms. The number of nitro groups is 1. The van der Waals surface area contributed by atoms with Gasteiger partial charge in [-0.15, -0.1) is 0 Å². The highest BCUT2D eigenvalue weighted by Gasteiger charge is 2.33. The molecule has 0 unspecified atom stereocenters. The number of nitro benzene ring substituents is 1. The second-order valence-corrected chi connectivity index (χ2v) is 13.8. The Bertz CT molecular complexity index is 2270. The van der Waals surface area contributed by atoms with Crippen molar-refractivity contribution in [1.29, 1.82) is 0 Å². The molecule has 0 saturated carbocycles. The SMILES string of the molecule is COc1cccc([C@H]2C(C(=O)Nc3ccccc3)=C(C)N=c3s/c(=C\c4cc(Br)cc(I)c4OCc4ccc([N+](=O)[O-])cc4)c(=O)n32)c1. The van der Waals surface area contributed by atoms with Crippen molar-refractivity contribution < 1.29 is 19.2 Å². The average molecular weight is 837 g/mol. The van der Waals surface area contributed by atoms with E-state index in [1.54, 1.807) is 55.0 Å². The van der Waals surface area contributed by atoms with E-state index in [0.29, 0.717) is 48.9 Å². The van der Waals surface area contributed by atoms with Gasteiger partial charge < -0.3 is 14.8 Å². The van der Waals surface area contributed by atoms with E-state index in [1.165, 1.54) is 23.5 Å². The van der Waals surface area contributed by atoms with E-state index in [4.69, 9.17) is 14.5 Å². The highest BCUT2D eigenvalue weighted by Crippen LogP contribution is 2.34. The van der Waals surface area contributed by atoms with E-state index in [1.807, 2.05) is 48.5 Å². The summed E-state index contributed by atoms with van der Waals surface area (Å²) in [5, 5.41) is 14.0. The number of nitrogens with zero attached hydrogens (tertiary/aromatic N) is 3. The number of carbonyl (C=O) groups is 1.